The normalized spacial score (nSPS) is 21.5. The molecule has 4 atom stereocenters. The first-order valence-corrected chi connectivity index (χ1v) is 29.2. The molecule has 386 valence electrons. The number of aliphatic hydroxyl groups is 2. The van der Waals surface area contributed by atoms with Crippen LogP contribution in [0.4, 0.5) is 0 Å². The molecule has 70 heavy (non-hydrogen) atoms. The SMILES string of the molecule is Cc1ccc2c(c1)[C@@H](c1ccc(OCCCCC[N+](C)(C)CCCCCC[N+](C)(C)CCCCCOc3ccc([C@@H]4c5cc(C)ccc5S(=O)(=O)CC(C)(C)[C@@H]4O)cc3)cc1)[C@@H](O)C(C)(C)CS2(=O)=O. The molecule has 4 aromatic rings. The monoisotopic (exact) mass is 1000 g/mol. The summed E-state index contributed by atoms with van der Waals surface area (Å²) in [5.41, 5.74) is 3.42. The van der Waals surface area contributed by atoms with Crippen molar-refractivity contribution in [3.05, 3.63) is 118 Å². The molecule has 0 aliphatic carbocycles. The van der Waals surface area contributed by atoms with Gasteiger partial charge >= 0.3 is 0 Å². The summed E-state index contributed by atoms with van der Waals surface area (Å²) in [6.07, 6.45) is 9.83. The number of fused-ring (bicyclic) bond motifs is 2. The fourth-order valence-electron chi connectivity index (χ4n) is 10.9. The lowest BCUT2D eigenvalue weighted by atomic mass is 9.75. The van der Waals surface area contributed by atoms with Crippen LogP contribution in [0.1, 0.15) is 137 Å². The highest BCUT2D eigenvalue weighted by atomic mass is 32.2. The lowest BCUT2D eigenvalue weighted by Gasteiger charge is -2.33. The number of hydrogen-bond donors (Lipinski definition) is 2. The minimum absolute atomic E-state index is 0.0988. The molecule has 0 fully saturated rings. The molecule has 0 saturated carbocycles. The van der Waals surface area contributed by atoms with E-state index in [0.29, 0.717) is 34.1 Å². The number of benzene rings is 4. The van der Waals surface area contributed by atoms with Gasteiger partial charge < -0.3 is 28.7 Å². The molecule has 2 aliphatic rings. The summed E-state index contributed by atoms with van der Waals surface area (Å²) in [6.45, 7) is 17.2. The largest absolute Gasteiger partial charge is 0.494 e. The van der Waals surface area contributed by atoms with Crippen molar-refractivity contribution >= 4 is 19.7 Å². The van der Waals surface area contributed by atoms with E-state index in [1.807, 2.05) is 114 Å². The van der Waals surface area contributed by atoms with Crippen LogP contribution in [0, 0.1) is 24.7 Å². The van der Waals surface area contributed by atoms with Gasteiger partial charge in [0.1, 0.15) is 11.5 Å². The first-order valence-electron chi connectivity index (χ1n) is 25.9. The van der Waals surface area contributed by atoms with E-state index in [9.17, 15) is 27.0 Å². The third kappa shape index (κ3) is 14.5. The van der Waals surface area contributed by atoms with Gasteiger partial charge in [-0.05, 0) is 137 Å². The highest BCUT2D eigenvalue weighted by Gasteiger charge is 2.46. The first-order chi connectivity index (χ1) is 32.8. The molecule has 0 amide bonds. The predicted molar refractivity (Wildman–Crippen MR) is 283 cm³/mol. The Morgan fingerprint density at radius 3 is 1.13 bits per heavy atom. The zero-order valence-corrected chi connectivity index (χ0v) is 45.8. The zero-order chi connectivity index (χ0) is 51.1. The molecular weight excluding hydrogens is 917 g/mol. The van der Waals surface area contributed by atoms with Gasteiger partial charge in [-0.25, -0.2) is 16.8 Å². The predicted octanol–water partition coefficient (Wildman–Crippen LogP) is 10.4. The van der Waals surface area contributed by atoms with Gasteiger partial charge in [0.2, 0.25) is 0 Å². The summed E-state index contributed by atoms with van der Waals surface area (Å²) in [6, 6.07) is 26.6. The molecule has 0 bridgehead atoms. The smallest absolute Gasteiger partial charge is 0.179 e. The lowest BCUT2D eigenvalue weighted by molar-refractivity contribution is -0.891. The fraction of sp³-hybridized carbons (Fsp3) is 0.586. The number of sulfone groups is 2. The minimum Gasteiger partial charge on any atom is -0.494 e. The number of quaternary nitrogens is 2. The van der Waals surface area contributed by atoms with Crippen molar-refractivity contribution in [3.8, 4) is 11.5 Å². The number of rotatable bonds is 23. The molecule has 6 rings (SSSR count). The number of hydrogen-bond acceptors (Lipinski definition) is 8. The van der Waals surface area contributed by atoms with Gasteiger partial charge in [-0.3, -0.25) is 0 Å². The van der Waals surface area contributed by atoms with Gasteiger partial charge in [-0.1, -0.05) is 87.4 Å². The van der Waals surface area contributed by atoms with Gasteiger partial charge in [0, 0.05) is 22.7 Å². The molecule has 0 aromatic heterocycles. The van der Waals surface area contributed by atoms with Crippen LogP contribution < -0.4 is 9.47 Å². The summed E-state index contributed by atoms with van der Waals surface area (Å²) < 4.78 is 67.7. The van der Waals surface area contributed by atoms with E-state index in [2.05, 4.69) is 28.2 Å². The zero-order valence-electron chi connectivity index (χ0n) is 44.2. The molecule has 0 radical (unpaired) electrons. The standard InChI is InChI=1S/C58H86N2O8S2/c1-43-21-31-51-49(39-43)53(55(61)57(3,4)41-69(51,63)64)45-23-27-47(28-24-45)67-37-19-13-17-35-59(7,8)33-15-11-12-16-34-60(9,10)36-18-14-20-38-68-48-29-25-46(26-30-48)54-50-40-44(2)22-32-52(50)70(65,66)42-58(5,6)56(54)62/h21-32,39-40,53-56,61-62H,11-20,33-38,41-42H2,1-10H3/q+2/t53-,54-,55-,56-/m1/s1. The van der Waals surface area contributed by atoms with Crippen molar-refractivity contribution in [3.63, 3.8) is 0 Å². The van der Waals surface area contributed by atoms with Crippen LogP contribution >= 0.6 is 0 Å². The van der Waals surface area contributed by atoms with Crippen LogP contribution in [0.5, 0.6) is 11.5 Å². The van der Waals surface area contributed by atoms with E-state index in [-0.39, 0.29) is 11.5 Å². The number of aliphatic hydroxyl groups excluding tert-OH is 2. The molecule has 2 heterocycles. The summed E-state index contributed by atoms with van der Waals surface area (Å²) in [5.74, 6) is 0.469. The molecule has 2 N–H and O–H groups in total. The maximum absolute atomic E-state index is 13.3. The number of ether oxygens (including phenoxy) is 2. The molecule has 2 aliphatic heterocycles. The second-order valence-corrected chi connectivity index (χ2v) is 27.5. The first kappa shape index (κ1) is 55.5. The van der Waals surface area contributed by atoms with Gasteiger partial charge in [0.25, 0.3) is 0 Å². The van der Waals surface area contributed by atoms with E-state index >= 15 is 0 Å². The third-order valence-electron chi connectivity index (χ3n) is 15.1. The molecule has 0 spiro atoms. The van der Waals surface area contributed by atoms with Crippen LogP contribution in [0.2, 0.25) is 0 Å². The Bertz CT molecular complexity index is 2390. The Morgan fingerprint density at radius 1 is 0.486 bits per heavy atom. The summed E-state index contributed by atoms with van der Waals surface area (Å²) >= 11 is 0. The average Bonchev–Trinajstić information content (AvgIpc) is 3.37. The van der Waals surface area contributed by atoms with Crippen LogP contribution in [-0.2, 0) is 19.7 Å². The second-order valence-electron chi connectivity index (χ2n) is 23.6. The highest BCUT2D eigenvalue weighted by molar-refractivity contribution is 7.91. The Morgan fingerprint density at radius 2 is 0.800 bits per heavy atom. The van der Waals surface area contributed by atoms with Crippen molar-refractivity contribution in [2.45, 2.75) is 140 Å². The molecule has 10 nitrogen and oxygen atoms in total. The summed E-state index contributed by atoms with van der Waals surface area (Å²) in [4.78, 5) is 0.640. The van der Waals surface area contributed by atoms with Gasteiger partial charge in [0.15, 0.2) is 19.7 Å². The van der Waals surface area contributed by atoms with Crippen molar-refractivity contribution in [1.29, 1.82) is 0 Å². The van der Waals surface area contributed by atoms with Crippen LogP contribution in [-0.4, -0.2) is 127 Å². The fourth-order valence-corrected chi connectivity index (χ4v) is 15.1. The minimum atomic E-state index is -3.55. The molecule has 12 heteroatoms. The van der Waals surface area contributed by atoms with Crippen LogP contribution in [0.25, 0.3) is 0 Å². The Kier molecular flexibility index (Phi) is 18.2. The van der Waals surface area contributed by atoms with Crippen molar-refractivity contribution in [1.82, 2.24) is 0 Å². The number of nitrogens with zero attached hydrogens (tertiary/aromatic N) is 2. The molecule has 0 saturated heterocycles. The summed E-state index contributed by atoms with van der Waals surface area (Å²) in [7, 11) is 2.31. The number of aryl methyl sites for hydroxylation is 2. The number of unbranched alkanes of at least 4 members (excludes halogenated alkanes) is 7. The topological polar surface area (TPSA) is 127 Å². The molecule has 4 aromatic carbocycles. The van der Waals surface area contributed by atoms with Crippen molar-refractivity contribution in [2.24, 2.45) is 10.8 Å². The highest BCUT2D eigenvalue weighted by Crippen LogP contribution is 2.46. The quantitative estimate of drug-likeness (QED) is 0.0556. The third-order valence-corrected chi connectivity index (χ3v) is 19.5. The van der Waals surface area contributed by atoms with Gasteiger partial charge in [0.05, 0.1) is 101 Å². The van der Waals surface area contributed by atoms with E-state index in [1.54, 1.807) is 12.1 Å². The van der Waals surface area contributed by atoms with Crippen molar-refractivity contribution in [2.75, 3.05) is 79.1 Å². The average molecular weight is 1000 g/mol. The van der Waals surface area contributed by atoms with E-state index in [1.165, 1.54) is 38.8 Å². The Labute approximate surface area is 422 Å². The van der Waals surface area contributed by atoms with E-state index in [4.69, 9.17) is 9.47 Å². The molecular formula is C58H86N2O8S2+2. The maximum Gasteiger partial charge on any atom is 0.179 e. The van der Waals surface area contributed by atoms with Gasteiger partial charge in [-0.15, -0.1) is 0 Å². The van der Waals surface area contributed by atoms with E-state index < -0.39 is 54.5 Å². The Hall–Kier alpha value is -3.78. The molecule has 0 unspecified atom stereocenters. The second kappa shape index (κ2) is 23.0. The van der Waals surface area contributed by atoms with E-state index in [0.717, 1.165) is 94.3 Å². The van der Waals surface area contributed by atoms with Crippen LogP contribution in [0.15, 0.2) is 94.7 Å². The maximum atomic E-state index is 13.3. The lowest BCUT2D eigenvalue weighted by Crippen LogP contribution is -2.41. The van der Waals surface area contributed by atoms with Crippen molar-refractivity contribution < 1.29 is 45.5 Å². The van der Waals surface area contributed by atoms with Crippen LogP contribution in [0.3, 0.4) is 0 Å². The van der Waals surface area contributed by atoms with Gasteiger partial charge in [-0.2, -0.15) is 0 Å². The Balaban J connectivity index is 0.815. The summed E-state index contributed by atoms with van der Waals surface area (Å²) in [5, 5.41) is 23.1.